The van der Waals surface area contributed by atoms with Crippen molar-refractivity contribution in [1.29, 1.82) is 0 Å². The fraction of sp³-hybridized carbons (Fsp3) is 1.00. The van der Waals surface area contributed by atoms with Gasteiger partial charge in [-0.05, 0) is 85.9 Å². The molecule has 5 aliphatic carbocycles. The molecule has 1 heteroatoms. The second kappa shape index (κ2) is 3.34. The van der Waals surface area contributed by atoms with Gasteiger partial charge in [-0.25, -0.2) is 0 Å². The molecule has 4 bridgehead atoms. The van der Waals surface area contributed by atoms with Crippen molar-refractivity contribution in [3.8, 4) is 0 Å². The molecule has 0 heterocycles. The van der Waals surface area contributed by atoms with Gasteiger partial charge in [0.1, 0.15) is 0 Å². The largest absolute Gasteiger partial charge is 0.393 e. The van der Waals surface area contributed by atoms with Crippen LogP contribution in [0.3, 0.4) is 0 Å². The minimum Gasteiger partial charge on any atom is -0.393 e. The van der Waals surface area contributed by atoms with Gasteiger partial charge in [-0.1, -0.05) is 13.8 Å². The van der Waals surface area contributed by atoms with E-state index in [2.05, 4.69) is 13.8 Å². The van der Waals surface area contributed by atoms with E-state index in [1.54, 1.807) is 0 Å². The highest BCUT2D eigenvalue weighted by molar-refractivity contribution is 5.11. The highest BCUT2D eigenvalue weighted by Crippen LogP contribution is 2.70. The molecule has 0 aliphatic heterocycles. The predicted molar refractivity (Wildman–Crippen MR) is 73.2 cm³/mol. The Morgan fingerprint density at radius 3 is 2.11 bits per heavy atom. The van der Waals surface area contributed by atoms with E-state index >= 15 is 0 Å². The van der Waals surface area contributed by atoms with Crippen LogP contribution in [0.25, 0.3) is 0 Å². The molecule has 5 saturated carbocycles. The molecule has 3 unspecified atom stereocenters. The van der Waals surface area contributed by atoms with E-state index < -0.39 is 0 Å². The highest BCUT2D eigenvalue weighted by atomic mass is 16.3. The van der Waals surface area contributed by atoms with Crippen molar-refractivity contribution in [3.63, 3.8) is 0 Å². The molecule has 5 rings (SSSR count). The van der Waals surface area contributed by atoms with Crippen molar-refractivity contribution in [1.82, 2.24) is 0 Å². The Labute approximate surface area is 111 Å². The molecule has 0 radical (unpaired) electrons. The Kier molecular flexibility index (Phi) is 2.18. The summed E-state index contributed by atoms with van der Waals surface area (Å²) < 4.78 is 0. The predicted octanol–water partition coefficient (Wildman–Crippen LogP) is 4.14. The fourth-order valence-electron chi connectivity index (χ4n) is 7.00. The van der Waals surface area contributed by atoms with E-state index in [9.17, 15) is 5.11 Å². The summed E-state index contributed by atoms with van der Waals surface area (Å²) in [6.07, 6.45) is 12.4. The smallest absolute Gasteiger partial charge is 0.0573 e. The van der Waals surface area contributed by atoms with Crippen LogP contribution in [0.1, 0.15) is 71.6 Å². The maximum absolute atomic E-state index is 10.4. The molecule has 1 N–H and O–H groups in total. The van der Waals surface area contributed by atoms with Crippen LogP contribution < -0.4 is 0 Å². The summed E-state index contributed by atoms with van der Waals surface area (Å²) in [4.78, 5) is 0. The minimum atomic E-state index is 0.0217. The average Bonchev–Trinajstić information content (AvgIpc) is 2.91. The van der Waals surface area contributed by atoms with Crippen LogP contribution in [0.5, 0.6) is 0 Å². The highest BCUT2D eigenvalue weighted by Gasteiger charge is 2.60. The van der Waals surface area contributed by atoms with Crippen molar-refractivity contribution in [3.05, 3.63) is 0 Å². The lowest BCUT2D eigenvalue weighted by atomic mass is 9.39. The Balaban J connectivity index is 1.60. The first-order valence-electron chi connectivity index (χ1n) is 8.08. The Morgan fingerprint density at radius 1 is 1.00 bits per heavy atom. The van der Waals surface area contributed by atoms with Gasteiger partial charge in [-0.2, -0.15) is 0 Å². The summed E-state index contributed by atoms with van der Waals surface area (Å²) >= 11 is 0. The molecule has 0 aromatic rings. The van der Waals surface area contributed by atoms with Crippen molar-refractivity contribution in [2.45, 2.75) is 77.7 Å². The van der Waals surface area contributed by atoms with Gasteiger partial charge in [0.15, 0.2) is 0 Å². The minimum absolute atomic E-state index is 0.0217. The van der Waals surface area contributed by atoms with Crippen LogP contribution in [-0.2, 0) is 0 Å². The van der Waals surface area contributed by atoms with E-state index in [0.717, 1.165) is 12.3 Å². The molecule has 0 aromatic heterocycles. The maximum Gasteiger partial charge on any atom is 0.0573 e. The van der Waals surface area contributed by atoms with Crippen LogP contribution >= 0.6 is 0 Å². The third-order valence-electron chi connectivity index (χ3n) is 6.55. The van der Waals surface area contributed by atoms with Gasteiger partial charge >= 0.3 is 0 Å². The summed E-state index contributed by atoms with van der Waals surface area (Å²) in [5.41, 5.74) is 1.74. The number of rotatable bonds is 3. The number of aliphatic hydroxyl groups is 1. The van der Waals surface area contributed by atoms with E-state index in [1.807, 2.05) is 0 Å². The van der Waals surface area contributed by atoms with Crippen LogP contribution in [-0.4, -0.2) is 11.2 Å². The average molecular weight is 248 g/mol. The standard InChI is InChI=1S/C17H28O/c1-15-5-12-6-16(2,9-15)11-17(7-12,10-15)8-14(18)13-3-4-13/h12-14,18H,3-11H2,1-2H3. The van der Waals surface area contributed by atoms with Gasteiger partial charge in [0.2, 0.25) is 0 Å². The van der Waals surface area contributed by atoms with Crippen LogP contribution in [0.15, 0.2) is 0 Å². The quantitative estimate of drug-likeness (QED) is 0.795. The van der Waals surface area contributed by atoms with Gasteiger partial charge < -0.3 is 5.11 Å². The fourth-order valence-corrected chi connectivity index (χ4v) is 7.00. The van der Waals surface area contributed by atoms with Gasteiger partial charge in [-0.3, -0.25) is 0 Å². The molecule has 102 valence electrons. The molecule has 0 amide bonds. The molecular weight excluding hydrogens is 220 g/mol. The molecule has 3 atom stereocenters. The summed E-state index contributed by atoms with van der Waals surface area (Å²) in [5, 5.41) is 10.4. The molecular formula is C17H28O. The molecule has 0 aromatic carbocycles. The number of hydrogen-bond acceptors (Lipinski definition) is 1. The zero-order valence-electron chi connectivity index (χ0n) is 12.0. The molecule has 0 saturated heterocycles. The lowest BCUT2D eigenvalue weighted by Gasteiger charge is -2.66. The third kappa shape index (κ3) is 1.77. The van der Waals surface area contributed by atoms with E-state index in [1.165, 1.54) is 51.4 Å². The van der Waals surface area contributed by atoms with E-state index in [0.29, 0.717) is 22.2 Å². The Bertz CT molecular complexity index is 352. The maximum atomic E-state index is 10.4. The van der Waals surface area contributed by atoms with E-state index in [4.69, 9.17) is 0 Å². The van der Waals surface area contributed by atoms with Gasteiger partial charge in [0.25, 0.3) is 0 Å². The van der Waals surface area contributed by atoms with Crippen molar-refractivity contribution >= 4 is 0 Å². The summed E-state index contributed by atoms with van der Waals surface area (Å²) in [6.45, 7) is 5.07. The lowest BCUT2D eigenvalue weighted by molar-refractivity contribution is -0.157. The topological polar surface area (TPSA) is 20.2 Å². The van der Waals surface area contributed by atoms with Gasteiger partial charge in [0.05, 0.1) is 6.10 Å². The number of hydrogen-bond donors (Lipinski definition) is 1. The molecule has 5 fully saturated rings. The number of aliphatic hydroxyl groups excluding tert-OH is 1. The SMILES string of the molecule is CC12CC3CC(C)(C1)CC(CC(O)C1CC1)(C3)C2. The monoisotopic (exact) mass is 248 g/mol. The normalized spacial score (nSPS) is 55.8. The Hall–Kier alpha value is -0.0400. The molecule has 0 spiro atoms. The van der Waals surface area contributed by atoms with Gasteiger partial charge in [0, 0.05) is 0 Å². The zero-order valence-corrected chi connectivity index (χ0v) is 12.0. The summed E-state index contributed by atoms with van der Waals surface area (Å²) in [7, 11) is 0. The first-order valence-corrected chi connectivity index (χ1v) is 8.08. The van der Waals surface area contributed by atoms with Crippen LogP contribution in [0, 0.1) is 28.1 Å². The third-order valence-corrected chi connectivity index (χ3v) is 6.55. The van der Waals surface area contributed by atoms with Gasteiger partial charge in [-0.15, -0.1) is 0 Å². The lowest BCUT2D eigenvalue weighted by Crippen LogP contribution is -2.55. The Morgan fingerprint density at radius 2 is 1.61 bits per heavy atom. The molecule has 1 nitrogen and oxygen atoms in total. The van der Waals surface area contributed by atoms with Crippen molar-refractivity contribution in [2.75, 3.05) is 0 Å². The zero-order chi connectivity index (χ0) is 12.6. The molecule has 18 heavy (non-hydrogen) atoms. The van der Waals surface area contributed by atoms with Crippen molar-refractivity contribution in [2.24, 2.45) is 28.1 Å². The van der Waals surface area contributed by atoms with Crippen LogP contribution in [0.4, 0.5) is 0 Å². The van der Waals surface area contributed by atoms with Crippen LogP contribution in [0.2, 0.25) is 0 Å². The molecule has 5 aliphatic rings. The second-order valence-electron chi connectivity index (χ2n) is 9.24. The summed E-state index contributed by atoms with van der Waals surface area (Å²) in [5.74, 6) is 1.64. The second-order valence-corrected chi connectivity index (χ2v) is 9.24. The first kappa shape index (κ1) is 11.8. The van der Waals surface area contributed by atoms with Crippen molar-refractivity contribution < 1.29 is 5.11 Å². The van der Waals surface area contributed by atoms with E-state index in [-0.39, 0.29) is 6.10 Å². The summed E-state index contributed by atoms with van der Waals surface area (Å²) in [6, 6.07) is 0. The first-order chi connectivity index (χ1) is 8.40.